The van der Waals surface area contributed by atoms with Gasteiger partial charge in [-0.2, -0.15) is 0 Å². The van der Waals surface area contributed by atoms with E-state index in [2.05, 4.69) is 31.7 Å². The van der Waals surface area contributed by atoms with Gasteiger partial charge in [-0.25, -0.2) is 9.97 Å². The second-order valence-corrected chi connectivity index (χ2v) is 3.98. The Labute approximate surface area is 107 Å². The Kier molecular flexibility index (Phi) is 4.06. The lowest BCUT2D eigenvalue weighted by Gasteiger charge is -2.07. The van der Waals surface area contributed by atoms with Gasteiger partial charge in [-0.1, -0.05) is 6.07 Å². The van der Waals surface area contributed by atoms with Crippen LogP contribution in [0.4, 0.5) is 11.6 Å². The average molecular weight is 243 g/mol. The first-order chi connectivity index (χ1) is 8.78. The van der Waals surface area contributed by atoms with Crippen LogP contribution in [0.25, 0.3) is 0 Å². The van der Waals surface area contributed by atoms with Gasteiger partial charge in [-0.05, 0) is 25.5 Å². The van der Waals surface area contributed by atoms with E-state index >= 15 is 0 Å². The lowest BCUT2D eigenvalue weighted by atomic mass is 10.2. The Morgan fingerprint density at radius 2 is 1.83 bits per heavy atom. The molecule has 18 heavy (non-hydrogen) atoms. The van der Waals surface area contributed by atoms with E-state index < -0.39 is 0 Å². The van der Waals surface area contributed by atoms with Crippen molar-refractivity contribution in [2.75, 3.05) is 17.2 Å². The van der Waals surface area contributed by atoms with Gasteiger partial charge < -0.3 is 10.6 Å². The molecule has 0 aliphatic heterocycles. The minimum Gasteiger partial charge on any atom is -0.370 e. The third-order valence-electron chi connectivity index (χ3n) is 2.47. The van der Waals surface area contributed by atoms with E-state index in [1.165, 1.54) is 0 Å². The Hall–Kier alpha value is -2.17. The number of rotatable bonds is 5. The fourth-order valence-corrected chi connectivity index (χ4v) is 1.53. The predicted molar refractivity (Wildman–Crippen MR) is 72.5 cm³/mol. The van der Waals surface area contributed by atoms with E-state index in [4.69, 9.17) is 0 Å². The van der Waals surface area contributed by atoms with E-state index in [0.717, 1.165) is 29.4 Å². The molecule has 0 aliphatic carbocycles. The molecule has 0 radical (unpaired) electrons. The molecule has 5 nitrogen and oxygen atoms in total. The van der Waals surface area contributed by atoms with Crippen LogP contribution in [0.1, 0.15) is 18.2 Å². The normalized spacial score (nSPS) is 10.1. The summed E-state index contributed by atoms with van der Waals surface area (Å²) in [6.45, 7) is 5.56. The molecule has 0 fully saturated rings. The molecule has 2 aromatic rings. The second-order valence-electron chi connectivity index (χ2n) is 3.98. The summed E-state index contributed by atoms with van der Waals surface area (Å²) in [5.74, 6) is 1.64. The van der Waals surface area contributed by atoms with Crippen molar-refractivity contribution in [3.05, 3.63) is 42.0 Å². The molecule has 0 saturated heterocycles. The van der Waals surface area contributed by atoms with Gasteiger partial charge in [0.05, 0.1) is 0 Å². The molecule has 2 aromatic heterocycles. The van der Waals surface area contributed by atoms with Crippen molar-refractivity contribution in [1.29, 1.82) is 0 Å². The molecule has 0 bridgehead atoms. The largest absolute Gasteiger partial charge is 0.370 e. The standard InChI is InChI=1S/C13H17N5/c1-3-14-12-6-13(18-9-17-12)16-8-11-5-4-10(2)15-7-11/h4-7,9H,3,8H2,1-2H3,(H2,14,16,17,18). The first-order valence-electron chi connectivity index (χ1n) is 5.99. The van der Waals surface area contributed by atoms with E-state index in [-0.39, 0.29) is 0 Å². The van der Waals surface area contributed by atoms with Crippen LogP contribution in [0.2, 0.25) is 0 Å². The summed E-state index contributed by atoms with van der Waals surface area (Å²) in [5.41, 5.74) is 2.15. The molecule has 0 unspecified atom stereocenters. The zero-order chi connectivity index (χ0) is 12.8. The fraction of sp³-hybridized carbons (Fsp3) is 0.308. The van der Waals surface area contributed by atoms with Gasteiger partial charge in [0.25, 0.3) is 0 Å². The first-order valence-corrected chi connectivity index (χ1v) is 5.99. The molecular formula is C13H17N5. The van der Waals surface area contributed by atoms with Crippen molar-refractivity contribution in [2.24, 2.45) is 0 Å². The highest BCUT2D eigenvalue weighted by Gasteiger charge is 1.98. The van der Waals surface area contributed by atoms with Crippen molar-refractivity contribution < 1.29 is 0 Å². The van der Waals surface area contributed by atoms with Crippen LogP contribution in [-0.4, -0.2) is 21.5 Å². The van der Waals surface area contributed by atoms with Gasteiger partial charge in [0.1, 0.15) is 18.0 Å². The van der Waals surface area contributed by atoms with Gasteiger partial charge in [0.2, 0.25) is 0 Å². The van der Waals surface area contributed by atoms with Gasteiger partial charge >= 0.3 is 0 Å². The molecular weight excluding hydrogens is 226 g/mol. The summed E-state index contributed by atoms with van der Waals surface area (Å²) in [5, 5.41) is 6.40. The van der Waals surface area contributed by atoms with Crippen molar-refractivity contribution in [2.45, 2.75) is 20.4 Å². The number of nitrogens with one attached hydrogen (secondary N) is 2. The maximum absolute atomic E-state index is 4.25. The summed E-state index contributed by atoms with van der Waals surface area (Å²) < 4.78 is 0. The number of aryl methyl sites for hydroxylation is 1. The number of anilines is 2. The third kappa shape index (κ3) is 3.41. The van der Waals surface area contributed by atoms with Crippen molar-refractivity contribution in [1.82, 2.24) is 15.0 Å². The number of pyridine rings is 1. The summed E-state index contributed by atoms with van der Waals surface area (Å²) in [6.07, 6.45) is 3.42. The zero-order valence-corrected chi connectivity index (χ0v) is 10.6. The highest BCUT2D eigenvalue weighted by molar-refractivity contribution is 5.46. The highest BCUT2D eigenvalue weighted by atomic mass is 15.1. The summed E-state index contributed by atoms with van der Waals surface area (Å²) in [4.78, 5) is 12.5. The average Bonchev–Trinajstić information content (AvgIpc) is 2.39. The molecule has 0 aliphatic rings. The quantitative estimate of drug-likeness (QED) is 0.843. The molecule has 94 valence electrons. The third-order valence-corrected chi connectivity index (χ3v) is 2.47. The minimum atomic E-state index is 0.704. The van der Waals surface area contributed by atoms with Gasteiger partial charge in [-0.3, -0.25) is 4.98 Å². The summed E-state index contributed by atoms with van der Waals surface area (Å²) >= 11 is 0. The molecule has 0 aromatic carbocycles. The smallest absolute Gasteiger partial charge is 0.131 e. The van der Waals surface area contributed by atoms with Gasteiger partial charge in [0, 0.05) is 31.0 Å². The van der Waals surface area contributed by atoms with Gasteiger partial charge in [0.15, 0.2) is 0 Å². The molecule has 2 rings (SSSR count). The summed E-state index contributed by atoms with van der Waals surface area (Å²) in [6, 6.07) is 5.95. The van der Waals surface area contributed by atoms with Crippen LogP contribution in [0.15, 0.2) is 30.7 Å². The van der Waals surface area contributed by atoms with Crippen molar-refractivity contribution >= 4 is 11.6 Å². The lowest BCUT2D eigenvalue weighted by molar-refractivity contribution is 1.05. The lowest BCUT2D eigenvalue weighted by Crippen LogP contribution is -2.04. The molecule has 0 spiro atoms. The Balaban J connectivity index is 1.97. The van der Waals surface area contributed by atoms with Gasteiger partial charge in [-0.15, -0.1) is 0 Å². The Bertz CT molecular complexity index is 495. The van der Waals surface area contributed by atoms with Crippen LogP contribution < -0.4 is 10.6 Å². The highest BCUT2D eigenvalue weighted by Crippen LogP contribution is 2.09. The van der Waals surface area contributed by atoms with E-state index in [1.807, 2.05) is 32.2 Å². The number of hydrogen-bond acceptors (Lipinski definition) is 5. The molecule has 5 heteroatoms. The van der Waals surface area contributed by atoms with Crippen LogP contribution in [-0.2, 0) is 6.54 Å². The molecule has 2 N–H and O–H groups in total. The summed E-state index contributed by atoms with van der Waals surface area (Å²) in [7, 11) is 0. The fourth-order valence-electron chi connectivity index (χ4n) is 1.53. The molecule has 0 saturated carbocycles. The zero-order valence-electron chi connectivity index (χ0n) is 10.6. The second kappa shape index (κ2) is 5.95. The van der Waals surface area contributed by atoms with Crippen LogP contribution >= 0.6 is 0 Å². The molecule has 0 amide bonds. The van der Waals surface area contributed by atoms with Crippen molar-refractivity contribution in [3.8, 4) is 0 Å². The Morgan fingerprint density at radius 1 is 1.06 bits per heavy atom. The van der Waals surface area contributed by atoms with E-state index in [1.54, 1.807) is 6.33 Å². The van der Waals surface area contributed by atoms with E-state index in [0.29, 0.717) is 6.54 Å². The molecule has 0 atom stereocenters. The van der Waals surface area contributed by atoms with Crippen LogP contribution in [0.3, 0.4) is 0 Å². The maximum atomic E-state index is 4.25. The topological polar surface area (TPSA) is 62.7 Å². The Morgan fingerprint density at radius 3 is 2.50 bits per heavy atom. The maximum Gasteiger partial charge on any atom is 0.131 e. The predicted octanol–water partition coefficient (Wildman–Crippen LogP) is 2.22. The number of hydrogen-bond donors (Lipinski definition) is 2. The molecule has 2 heterocycles. The van der Waals surface area contributed by atoms with Crippen LogP contribution in [0, 0.1) is 6.92 Å². The van der Waals surface area contributed by atoms with E-state index in [9.17, 15) is 0 Å². The monoisotopic (exact) mass is 243 g/mol. The SMILES string of the molecule is CCNc1cc(NCc2ccc(C)nc2)ncn1. The number of aromatic nitrogens is 3. The first kappa shape index (κ1) is 12.3. The minimum absolute atomic E-state index is 0.704. The van der Waals surface area contributed by atoms with Crippen LogP contribution in [0.5, 0.6) is 0 Å². The number of nitrogens with zero attached hydrogens (tertiary/aromatic N) is 3. The van der Waals surface area contributed by atoms with Crippen molar-refractivity contribution in [3.63, 3.8) is 0 Å².